The monoisotopic (exact) mass is 323 g/mol. The van der Waals surface area contributed by atoms with E-state index in [1.807, 2.05) is 0 Å². The van der Waals surface area contributed by atoms with Gasteiger partial charge in [-0.25, -0.2) is 0 Å². The smallest absolute Gasteiger partial charge is 0.236 e. The summed E-state index contributed by atoms with van der Waals surface area (Å²) in [4.78, 5) is 19.5. The van der Waals surface area contributed by atoms with Crippen molar-refractivity contribution in [3.05, 3.63) is 0 Å². The Morgan fingerprint density at radius 3 is 2.30 bits per heavy atom. The molecule has 0 saturated carbocycles. The number of piperidine rings is 1. The van der Waals surface area contributed by atoms with Crippen LogP contribution in [0.4, 0.5) is 0 Å². The van der Waals surface area contributed by atoms with E-state index in [1.54, 1.807) is 0 Å². The molecule has 3 heterocycles. The number of carbonyl (C=O) groups excluding carboxylic acids is 1. The topological polar surface area (TPSA) is 36.0 Å². The lowest BCUT2D eigenvalue weighted by atomic mass is 9.92. The summed E-state index contributed by atoms with van der Waals surface area (Å²) < 4.78 is 5.73. The van der Waals surface area contributed by atoms with E-state index in [4.69, 9.17) is 4.74 Å². The summed E-state index contributed by atoms with van der Waals surface area (Å²) in [6.07, 6.45) is 4.13. The molecule has 5 heteroatoms. The average molecular weight is 323 g/mol. The second-order valence-electron chi connectivity index (χ2n) is 7.96. The molecule has 0 N–H and O–H groups in total. The molecule has 3 aliphatic rings. The average Bonchev–Trinajstić information content (AvgIpc) is 3.01. The van der Waals surface area contributed by atoms with Gasteiger partial charge in [0.15, 0.2) is 0 Å². The maximum Gasteiger partial charge on any atom is 0.236 e. The van der Waals surface area contributed by atoms with Crippen LogP contribution in [0.15, 0.2) is 0 Å². The predicted octanol–water partition coefficient (Wildman–Crippen LogP) is 1.29. The second kappa shape index (κ2) is 7.95. The van der Waals surface area contributed by atoms with Crippen LogP contribution in [0.5, 0.6) is 0 Å². The van der Waals surface area contributed by atoms with Crippen molar-refractivity contribution in [1.82, 2.24) is 14.7 Å². The number of piperazine rings is 1. The molecule has 0 aromatic rings. The lowest BCUT2D eigenvalue weighted by Crippen LogP contribution is -2.52. The minimum absolute atomic E-state index is 0.330. The summed E-state index contributed by atoms with van der Waals surface area (Å²) in [7, 11) is 0. The van der Waals surface area contributed by atoms with Gasteiger partial charge >= 0.3 is 0 Å². The van der Waals surface area contributed by atoms with Gasteiger partial charge in [-0.15, -0.1) is 0 Å². The van der Waals surface area contributed by atoms with E-state index in [0.29, 0.717) is 30.4 Å². The van der Waals surface area contributed by atoms with Crippen LogP contribution in [0.3, 0.4) is 0 Å². The number of likely N-dealkylation sites (tertiary alicyclic amines) is 1. The summed E-state index contributed by atoms with van der Waals surface area (Å²) in [6, 6.07) is 0. The highest BCUT2D eigenvalue weighted by Gasteiger charge is 2.28. The Kier molecular flexibility index (Phi) is 5.94. The van der Waals surface area contributed by atoms with Crippen molar-refractivity contribution in [1.29, 1.82) is 0 Å². The fourth-order valence-electron chi connectivity index (χ4n) is 4.36. The van der Waals surface area contributed by atoms with Crippen LogP contribution >= 0.6 is 0 Å². The first-order valence-corrected chi connectivity index (χ1v) is 9.44. The minimum atomic E-state index is 0.330. The van der Waals surface area contributed by atoms with Crippen LogP contribution in [0.25, 0.3) is 0 Å². The Morgan fingerprint density at radius 1 is 1.04 bits per heavy atom. The fraction of sp³-hybridized carbons (Fsp3) is 0.944. The molecule has 1 amide bonds. The summed E-state index contributed by atoms with van der Waals surface area (Å²) in [6.45, 7) is 13.2. The maximum atomic E-state index is 12.6. The molecule has 23 heavy (non-hydrogen) atoms. The molecule has 0 spiro atoms. The van der Waals surface area contributed by atoms with Gasteiger partial charge in [0.1, 0.15) is 0 Å². The molecule has 0 bridgehead atoms. The van der Waals surface area contributed by atoms with E-state index < -0.39 is 0 Å². The lowest BCUT2D eigenvalue weighted by Gasteiger charge is -2.38. The van der Waals surface area contributed by atoms with E-state index in [0.717, 1.165) is 52.4 Å². The third-order valence-electron chi connectivity index (χ3n) is 5.53. The molecule has 3 atom stereocenters. The molecule has 3 fully saturated rings. The molecule has 3 unspecified atom stereocenters. The normalized spacial score (nSPS) is 34.0. The molecule has 3 aliphatic heterocycles. The number of hydrogen-bond donors (Lipinski definition) is 0. The second-order valence-corrected chi connectivity index (χ2v) is 7.96. The zero-order chi connectivity index (χ0) is 16.2. The molecule has 0 aromatic heterocycles. The molecular weight excluding hydrogens is 290 g/mol. The Bertz CT molecular complexity index is 380. The van der Waals surface area contributed by atoms with Crippen molar-refractivity contribution in [2.24, 2.45) is 11.8 Å². The summed E-state index contributed by atoms with van der Waals surface area (Å²) in [5.74, 6) is 1.62. The zero-order valence-corrected chi connectivity index (χ0v) is 14.9. The van der Waals surface area contributed by atoms with Gasteiger partial charge in [-0.1, -0.05) is 13.8 Å². The quantitative estimate of drug-likeness (QED) is 0.781. The molecule has 3 saturated heterocycles. The van der Waals surface area contributed by atoms with E-state index in [2.05, 4.69) is 28.5 Å². The van der Waals surface area contributed by atoms with Crippen LogP contribution in [0, 0.1) is 11.8 Å². The fourth-order valence-corrected chi connectivity index (χ4v) is 4.36. The van der Waals surface area contributed by atoms with Gasteiger partial charge in [-0.05, 0) is 31.1 Å². The van der Waals surface area contributed by atoms with Crippen molar-refractivity contribution in [3.8, 4) is 0 Å². The van der Waals surface area contributed by atoms with Crippen molar-refractivity contribution < 1.29 is 9.53 Å². The van der Waals surface area contributed by atoms with Crippen LogP contribution in [-0.4, -0.2) is 85.7 Å². The third-order valence-corrected chi connectivity index (χ3v) is 5.53. The van der Waals surface area contributed by atoms with Crippen LogP contribution in [0.2, 0.25) is 0 Å². The Morgan fingerprint density at radius 2 is 1.70 bits per heavy atom. The minimum Gasteiger partial charge on any atom is -0.377 e. The Hall–Kier alpha value is -0.650. The van der Waals surface area contributed by atoms with Crippen molar-refractivity contribution in [2.75, 3.05) is 59.0 Å². The van der Waals surface area contributed by atoms with Crippen LogP contribution < -0.4 is 0 Å². The largest absolute Gasteiger partial charge is 0.377 e. The van der Waals surface area contributed by atoms with Gasteiger partial charge in [0.05, 0.1) is 12.6 Å². The molecular formula is C18H33N3O2. The number of nitrogens with zero attached hydrogens (tertiary/aromatic N) is 3. The van der Waals surface area contributed by atoms with E-state index in [1.165, 1.54) is 19.3 Å². The molecule has 5 nitrogen and oxygen atoms in total. The van der Waals surface area contributed by atoms with Crippen LogP contribution in [-0.2, 0) is 9.53 Å². The standard InChI is InChI=1S/C18H33N3O2/c1-15-10-16(2)12-21(11-15)18(22)14-20-7-5-19(6-8-20)13-17-4-3-9-23-17/h15-17H,3-14H2,1-2H3. The Balaban J connectivity index is 1.38. The highest BCUT2D eigenvalue weighted by Crippen LogP contribution is 2.21. The van der Waals surface area contributed by atoms with Crippen LogP contribution in [0.1, 0.15) is 33.1 Å². The van der Waals surface area contributed by atoms with Gasteiger partial charge in [0.25, 0.3) is 0 Å². The summed E-state index contributed by atoms with van der Waals surface area (Å²) in [5.41, 5.74) is 0. The van der Waals surface area contributed by atoms with E-state index in [-0.39, 0.29) is 0 Å². The van der Waals surface area contributed by atoms with E-state index >= 15 is 0 Å². The van der Waals surface area contributed by atoms with E-state index in [9.17, 15) is 4.79 Å². The van der Waals surface area contributed by atoms with Gasteiger partial charge in [0, 0.05) is 52.4 Å². The molecule has 0 radical (unpaired) electrons. The zero-order valence-electron chi connectivity index (χ0n) is 14.9. The van der Waals surface area contributed by atoms with Gasteiger partial charge in [0.2, 0.25) is 5.91 Å². The molecule has 0 aromatic carbocycles. The third kappa shape index (κ3) is 4.91. The highest BCUT2D eigenvalue weighted by atomic mass is 16.5. The number of amides is 1. The maximum absolute atomic E-state index is 12.6. The van der Waals surface area contributed by atoms with Crippen molar-refractivity contribution in [2.45, 2.75) is 39.2 Å². The first kappa shape index (κ1) is 17.2. The van der Waals surface area contributed by atoms with Crippen molar-refractivity contribution >= 4 is 5.91 Å². The van der Waals surface area contributed by atoms with Crippen molar-refractivity contribution in [3.63, 3.8) is 0 Å². The first-order chi connectivity index (χ1) is 11.1. The Labute approximate surface area is 140 Å². The predicted molar refractivity (Wildman–Crippen MR) is 91.4 cm³/mol. The number of ether oxygens (including phenoxy) is 1. The summed E-state index contributed by atoms with van der Waals surface area (Å²) in [5, 5.41) is 0. The molecule has 132 valence electrons. The highest BCUT2D eigenvalue weighted by molar-refractivity contribution is 5.78. The molecule has 3 rings (SSSR count). The number of rotatable bonds is 4. The lowest BCUT2D eigenvalue weighted by molar-refractivity contribution is -0.135. The summed E-state index contributed by atoms with van der Waals surface area (Å²) >= 11 is 0. The molecule has 0 aliphatic carbocycles. The van der Waals surface area contributed by atoms with Gasteiger partial charge in [-0.2, -0.15) is 0 Å². The number of hydrogen-bond acceptors (Lipinski definition) is 4. The van der Waals surface area contributed by atoms with Gasteiger partial charge < -0.3 is 9.64 Å². The number of carbonyl (C=O) groups is 1. The SMILES string of the molecule is CC1CC(C)CN(C(=O)CN2CCN(CC3CCCO3)CC2)C1. The van der Waals surface area contributed by atoms with Gasteiger partial charge in [-0.3, -0.25) is 14.6 Å². The first-order valence-electron chi connectivity index (χ1n) is 9.44.